The third kappa shape index (κ3) is 7.79. The number of hydrogen-bond donors (Lipinski definition) is 1. The molecule has 0 atom stereocenters. The summed E-state index contributed by atoms with van der Waals surface area (Å²) in [5.74, 6) is 0. The normalized spacial score (nSPS) is 16.0. The maximum Gasteiger partial charge on any atom is 0.407 e. The summed E-state index contributed by atoms with van der Waals surface area (Å²) in [6.45, 7) is 6.76. The van der Waals surface area contributed by atoms with Crippen LogP contribution in [0.5, 0.6) is 0 Å². The van der Waals surface area contributed by atoms with Gasteiger partial charge in [-0.15, -0.1) is 0 Å². The number of unbranched alkanes of at least 4 members (excludes halogenated alkanes) is 1. The fourth-order valence-electron chi connectivity index (χ4n) is 2.86. The number of hydrogen-bond acceptors (Lipinski definition) is 4. The van der Waals surface area contributed by atoms with E-state index in [-0.39, 0.29) is 6.09 Å². The quantitative estimate of drug-likeness (QED) is 0.705. The average Bonchev–Trinajstić information content (AvgIpc) is 2.61. The van der Waals surface area contributed by atoms with Gasteiger partial charge in [0.25, 0.3) is 0 Å². The van der Waals surface area contributed by atoms with E-state index in [4.69, 9.17) is 4.74 Å². The summed E-state index contributed by atoms with van der Waals surface area (Å²) >= 11 is 0. The van der Waals surface area contributed by atoms with E-state index >= 15 is 0 Å². The van der Waals surface area contributed by atoms with E-state index in [2.05, 4.69) is 46.4 Å². The zero-order valence-electron chi connectivity index (χ0n) is 14.9. The van der Waals surface area contributed by atoms with Crippen molar-refractivity contribution in [3.05, 3.63) is 35.9 Å². The van der Waals surface area contributed by atoms with Crippen LogP contribution in [-0.2, 0) is 11.2 Å². The van der Waals surface area contributed by atoms with Gasteiger partial charge in [0.1, 0.15) is 0 Å². The molecule has 1 saturated heterocycles. The lowest BCUT2D eigenvalue weighted by atomic mass is 10.1. The van der Waals surface area contributed by atoms with Crippen LogP contribution in [0.3, 0.4) is 0 Å². The van der Waals surface area contributed by atoms with Gasteiger partial charge in [0, 0.05) is 32.7 Å². The Labute approximate surface area is 146 Å². The van der Waals surface area contributed by atoms with Gasteiger partial charge in [-0.25, -0.2) is 4.79 Å². The molecular weight excluding hydrogens is 302 g/mol. The van der Waals surface area contributed by atoms with E-state index in [9.17, 15) is 4.79 Å². The summed E-state index contributed by atoms with van der Waals surface area (Å²) in [4.78, 5) is 16.4. The molecule has 134 valence electrons. The molecule has 1 aliphatic rings. The van der Waals surface area contributed by atoms with E-state index < -0.39 is 0 Å². The molecule has 0 saturated carbocycles. The second-order valence-electron chi connectivity index (χ2n) is 6.50. The molecule has 0 spiro atoms. The van der Waals surface area contributed by atoms with Crippen molar-refractivity contribution in [2.24, 2.45) is 0 Å². The van der Waals surface area contributed by atoms with Crippen LogP contribution >= 0.6 is 0 Å². The van der Waals surface area contributed by atoms with Crippen molar-refractivity contribution >= 4 is 6.09 Å². The van der Waals surface area contributed by atoms with Gasteiger partial charge in [-0.2, -0.15) is 0 Å². The highest BCUT2D eigenvalue weighted by Crippen LogP contribution is 2.04. The Balaban J connectivity index is 1.41. The summed E-state index contributed by atoms with van der Waals surface area (Å²) in [5.41, 5.74) is 1.34. The maximum atomic E-state index is 11.6. The van der Waals surface area contributed by atoms with Crippen LogP contribution in [-0.4, -0.2) is 68.8 Å². The summed E-state index contributed by atoms with van der Waals surface area (Å²) in [6, 6.07) is 10.4. The predicted octanol–water partition coefficient (Wildman–Crippen LogP) is 2.37. The minimum atomic E-state index is -0.284. The SMILES string of the molecule is CN1CCN(CCCNC(=O)OCCCCc2ccccc2)CC1. The van der Waals surface area contributed by atoms with Crippen LogP contribution in [0.2, 0.25) is 0 Å². The van der Waals surface area contributed by atoms with Crippen molar-refractivity contribution in [3.63, 3.8) is 0 Å². The number of alkyl carbamates (subject to hydrolysis) is 1. The monoisotopic (exact) mass is 333 g/mol. The molecule has 1 aromatic carbocycles. The van der Waals surface area contributed by atoms with Gasteiger partial charge < -0.3 is 19.9 Å². The lowest BCUT2D eigenvalue weighted by Crippen LogP contribution is -2.45. The standard InChI is InChI=1S/C19H31N3O2/c1-21-13-15-22(16-14-21)12-7-11-20-19(23)24-17-6-5-10-18-8-3-2-4-9-18/h2-4,8-9H,5-7,10-17H2,1H3,(H,20,23). The van der Waals surface area contributed by atoms with Crippen molar-refractivity contribution in [3.8, 4) is 0 Å². The van der Waals surface area contributed by atoms with Crippen LogP contribution in [0.4, 0.5) is 4.79 Å². The Morgan fingerprint density at radius 1 is 1.08 bits per heavy atom. The molecular formula is C19H31N3O2. The highest BCUT2D eigenvalue weighted by Gasteiger charge is 2.12. The van der Waals surface area contributed by atoms with Crippen LogP contribution in [0.1, 0.15) is 24.8 Å². The van der Waals surface area contributed by atoms with Gasteiger partial charge in [0.2, 0.25) is 0 Å². The fourth-order valence-corrected chi connectivity index (χ4v) is 2.86. The molecule has 1 heterocycles. The molecule has 0 bridgehead atoms. The van der Waals surface area contributed by atoms with E-state index in [1.165, 1.54) is 5.56 Å². The number of carbonyl (C=O) groups excluding carboxylic acids is 1. The molecule has 1 fully saturated rings. The average molecular weight is 333 g/mol. The predicted molar refractivity (Wildman–Crippen MR) is 97.3 cm³/mol. The first-order valence-corrected chi connectivity index (χ1v) is 9.09. The van der Waals surface area contributed by atoms with Gasteiger partial charge in [-0.3, -0.25) is 0 Å². The molecule has 0 unspecified atom stereocenters. The lowest BCUT2D eigenvalue weighted by Gasteiger charge is -2.32. The highest BCUT2D eigenvalue weighted by molar-refractivity contribution is 5.66. The zero-order chi connectivity index (χ0) is 17.0. The van der Waals surface area contributed by atoms with Crippen LogP contribution in [0.25, 0.3) is 0 Å². The van der Waals surface area contributed by atoms with Crippen molar-refractivity contribution in [2.75, 3.05) is 52.9 Å². The zero-order valence-corrected chi connectivity index (χ0v) is 14.9. The second-order valence-corrected chi connectivity index (χ2v) is 6.50. The smallest absolute Gasteiger partial charge is 0.407 e. The minimum absolute atomic E-state index is 0.284. The number of aryl methyl sites for hydroxylation is 1. The van der Waals surface area contributed by atoms with Crippen molar-refractivity contribution in [1.29, 1.82) is 0 Å². The number of ether oxygens (including phenoxy) is 1. The molecule has 0 aliphatic carbocycles. The van der Waals surface area contributed by atoms with Gasteiger partial charge in [0.15, 0.2) is 0 Å². The molecule has 2 rings (SSSR count). The Kier molecular flexibility index (Phi) is 8.63. The molecule has 0 aromatic heterocycles. The minimum Gasteiger partial charge on any atom is -0.450 e. The topological polar surface area (TPSA) is 44.8 Å². The lowest BCUT2D eigenvalue weighted by molar-refractivity contribution is 0.140. The van der Waals surface area contributed by atoms with Crippen molar-refractivity contribution in [2.45, 2.75) is 25.7 Å². The second kappa shape index (κ2) is 11.0. The molecule has 24 heavy (non-hydrogen) atoms. The highest BCUT2D eigenvalue weighted by atomic mass is 16.5. The van der Waals surface area contributed by atoms with E-state index in [1.807, 2.05) is 6.07 Å². The Bertz CT molecular complexity index is 459. The third-order valence-corrected chi connectivity index (χ3v) is 4.45. The van der Waals surface area contributed by atoms with Gasteiger partial charge in [0.05, 0.1) is 6.61 Å². The van der Waals surface area contributed by atoms with E-state index in [0.717, 1.165) is 58.4 Å². The number of rotatable bonds is 9. The van der Waals surface area contributed by atoms with Crippen LogP contribution in [0.15, 0.2) is 30.3 Å². The van der Waals surface area contributed by atoms with Crippen LogP contribution < -0.4 is 5.32 Å². The fraction of sp³-hybridized carbons (Fsp3) is 0.632. The number of nitrogens with zero attached hydrogens (tertiary/aromatic N) is 2. The first kappa shape index (κ1) is 18.7. The van der Waals surface area contributed by atoms with Gasteiger partial charge >= 0.3 is 6.09 Å². The summed E-state index contributed by atoms with van der Waals surface area (Å²) < 4.78 is 5.22. The molecule has 1 N–H and O–H groups in total. The van der Waals surface area contributed by atoms with Gasteiger partial charge in [-0.05, 0) is 44.8 Å². The maximum absolute atomic E-state index is 11.6. The van der Waals surface area contributed by atoms with Crippen molar-refractivity contribution in [1.82, 2.24) is 15.1 Å². The van der Waals surface area contributed by atoms with Crippen molar-refractivity contribution < 1.29 is 9.53 Å². The number of nitrogens with one attached hydrogen (secondary N) is 1. The summed E-state index contributed by atoms with van der Waals surface area (Å²) in [7, 11) is 2.16. The third-order valence-electron chi connectivity index (χ3n) is 4.45. The largest absolute Gasteiger partial charge is 0.450 e. The number of piperazine rings is 1. The first-order chi connectivity index (χ1) is 11.7. The molecule has 0 radical (unpaired) electrons. The van der Waals surface area contributed by atoms with Crippen LogP contribution in [0, 0.1) is 0 Å². The number of carbonyl (C=O) groups is 1. The molecule has 5 nitrogen and oxygen atoms in total. The number of amides is 1. The first-order valence-electron chi connectivity index (χ1n) is 9.09. The molecule has 5 heteroatoms. The van der Waals surface area contributed by atoms with Gasteiger partial charge in [-0.1, -0.05) is 30.3 Å². The Morgan fingerprint density at radius 3 is 2.58 bits per heavy atom. The Hall–Kier alpha value is -1.59. The molecule has 1 aliphatic heterocycles. The molecule has 1 amide bonds. The summed E-state index contributed by atoms with van der Waals surface area (Å²) in [5, 5.41) is 2.84. The van der Waals surface area contributed by atoms with E-state index in [1.54, 1.807) is 0 Å². The summed E-state index contributed by atoms with van der Waals surface area (Å²) in [6.07, 6.45) is 3.68. The molecule has 1 aromatic rings. The number of likely N-dealkylation sites (N-methyl/N-ethyl adjacent to an activating group) is 1. The van der Waals surface area contributed by atoms with E-state index in [0.29, 0.717) is 13.2 Å². The Morgan fingerprint density at radius 2 is 1.83 bits per heavy atom. The number of benzene rings is 1.